The second-order valence-corrected chi connectivity index (χ2v) is 11.6. The lowest BCUT2D eigenvalue weighted by Gasteiger charge is -2.55. The van der Waals surface area contributed by atoms with Crippen LogP contribution in [0.2, 0.25) is 0 Å². The summed E-state index contributed by atoms with van der Waals surface area (Å²) in [6.07, 6.45) is 1.94. The quantitative estimate of drug-likeness (QED) is 0.436. The number of hydrogen-bond acceptors (Lipinski definition) is 2. The zero-order valence-electron chi connectivity index (χ0n) is 21.2. The predicted molar refractivity (Wildman–Crippen MR) is 136 cm³/mol. The highest BCUT2D eigenvalue weighted by atomic mass is 19.4. The fraction of sp³-hybridized carbons (Fsp3) is 0.500. The summed E-state index contributed by atoms with van der Waals surface area (Å²) in [5, 5.41) is 13.3. The summed E-state index contributed by atoms with van der Waals surface area (Å²) in [4.78, 5) is 12.7. The molecule has 1 aliphatic heterocycles. The zero-order chi connectivity index (χ0) is 26.3. The molecule has 4 atom stereocenters. The van der Waals surface area contributed by atoms with E-state index < -0.39 is 17.6 Å². The van der Waals surface area contributed by atoms with E-state index in [4.69, 9.17) is 0 Å². The number of carbonyl (C=O) groups excluding carboxylic acids is 1. The van der Waals surface area contributed by atoms with Crippen molar-refractivity contribution in [2.24, 2.45) is 11.8 Å². The van der Waals surface area contributed by atoms with Crippen LogP contribution in [-0.2, 0) is 16.4 Å². The Hall–Kier alpha value is -2.98. The van der Waals surface area contributed by atoms with Crippen molar-refractivity contribution in [2.75, 3.05) is 26.7 Å². The molecule has 2 aromatic carbocycles. The van der Waals surface area contributed by atoms with E-state index in [9.17, 15) is 23.1 Å². The van der Waals surface area contributed by atoms with Crippen LogP contribution in [0.1, 0.15) is 55.2 Å². The van der Waals surface area contributed by atoms with Gasteiger partial charge in [-0.25, -0.2) is 0 Å². The molecule has 196 valence electrons. The predicted octanol–water partition coefficient (Wildman–Crippen LogP) is 5.25. The first-order valence-corrected chi connectivity index (χ1v) is 13.2. The maximum atomic E-state index is 12.8. The van der Waals surface area contributed by atoms with Crippen molar-refractivity contribution in [2.45, 2.75) is 56.2 Å². The number of nitrogens with zero attached hydrogens (tertiary/aromatic N) is 1. The van der Waals surface area contributed by atoms with E-state index in [1.54, 1.807) is 6.07 Å². The van der Waals surface area contributed by atoms with Gasteiger partial charge in [0.15, 0.2) is 0 Å². The number of amides is 1. The number of carbonyl (C=O) groups is 1. The summed E-state index contributed by atoms with van der Waals surface area (Å²) in [7, 11) is 2.38. The molecule has 2 aromatic rings. The van der Waals surface area contributed by atoms with Crippen LogP contribution in [0.5, 0.6) is 5.75 Å². The number of nitrogens with one attached hydrogen (secondary N) is 1. The molecule has 3 fully saturated rings. The lowest BCUT2D eigenvalue weighted by atomic mass is 9.57. The molecular weight excluding hydrogens is 477 g/mol. The molecule has 37 heavy (non-hydrogen) atoms. The van der Waals surface area contributed by atoms with E-state index in [-0.39, 0.29) is 17.2 Å². The molecule has 0 spiro atoms. The number of halogens is 3. The van der Waals surface area contributed by atoms with Crippen molar-refractivity contribution in [3.05, 3.63) is 65.2 Å². The number of phenols is 1. The standard InChI is InChI=1S/C30H33F3N2O2/c1-35(19-22-5-6-22)16-15-29(24-3-2-4-27(36)17-24)18-26(13-12-25(29)20-35)34-28(37)14-9-21-7-10-23(11-8-21)30(31,32)33/h2-4,7-8,10-11,17,22,25-26H,5-6,12-13,15-16,18-20H2,1H3,(H-,34,36,37)/p+1/t25?,26-,29+,35-/m1/s1. The highest BCUT2D eigenvalue weighted by Crippen LogP contribution is 2.51. The molecule has 2 N–H and O–H groups in total. The monoisotopic (exact) mass is 511 g/mol. The minimum absolute atomic E-state index is 0.0479. The van der Waals surface area contributed by atoms with Crippen molar-refractivity contribution in [3.63, 3.8) is 0 Å². The second kappa shape index (κ2) is 9.72. The van der Waals surface area contributed by atoms with E-state index >= 15 is 0 Å². The Morgan fingerprint density at radius 1 is 1.14 bits per heavy atom. The molecule has 5 rings (SSSR count). The number of alkyl halides is 3. The molecule has 3 aliphatic rings. The lowest BCUT2D eigenvalue weighted by molar-refractivity contribution is -0.921. The Labute approximate surface area is 216 Å². The topological polar surface area (TPSA) is 49.3 Å². The minimum atomic E-state index is -4.40. The van der Waals surface area contributed by atoms with Gasteiger partial charge in [-0.15, -0.1) is 0 Å². The van der Waals surface area contributed by atoms with Gasteiger partial charge in [0.2, 0.25) is 0 Å². The van der Waals surface area contributed by atoms with Gasteiger partial charge in [0, 0.05) is 41.2 Å². The van der Waals surface area contributed by atoms with Crippen LogP contribution in [-0.4, -0.2) is 48.2 Å². The first-order chi connectivity index (χ1) is 17.5. The van der Waals surface area contributed by atoms with Crippen LogP contribution >= 0.6 is 0 Å². The molecule has 0 aromatic heterocycles. The van der Waals surface area contributed by atoms with E-state index in [0.717, 1.165) is 66.9 Å². The molecule has 1 saturated heterocycles. The van der Waals surface area contributed by atoms with E-state index in [1.807, 2.05) is 12.1 Å². The van der Waals surface area contributed by atoms with Gasteiger partial charge in [0.1, 0.15) is 5.75 Å². The van der Waals surface area contributed by atoms with Gasteiger partial charge >= 0.3 is 6.18 Å². The summed E-state index contributed by atoms with van der Waals surface area (Å²) in [6, 6.07) is 12.1. The number of rotatable bonds is 4. The molecule has 1 heterocycles. The maximum Gasteiger partial charge on any atom is 0.416 e. The van der Waals surface area contributed by atoms with Gasteiger partial charge in [-0.2, -0.15) is 13.2 Å². The summed E-state index contributed by atoms with van der Waals surface area (Å²) in [5.74, 6) is 6.42. The number of piperidine rings is 1. The van der Waals surface area contributed by atoms with Gasteiger partial charge in [0.05, 0.1) is 32.2 Å². The van der Waals surface area contributed by atoms with Crippen LogP contribution < -0.4 is 5.32 Å². The van der Waals surface area contributed by atoms with E-state index in [0.29, 0.717) is 11.5 Å². The molecule has 1 amide bonds. The van der Waals surface area contributed by atoms with Gasteiger partial charge in [-0.05, 0) is 74.1 Å². The van der Waals surface area contributed by atoms with E-state index in [2.05, 4.69) is 30.3 Å². The third-order valence-electron chi connectivity index (χ3n) is 8.70. The van der Waals surface area contributed by atoms with Crippen molar-refractivity contribution in [3.8, 4) is 17.6 Å². The highest BCUT2D eigenvalue weighted by Gasteiger charge is 2.53. The van der Waals surface area contributed by atoms with Crippen LogP contribution in [0.3, 0.4) is 0 Å². The Bertz CT molecular complexity index is 1210. The molecule has 2 aliphatic carbocycles. The van der Waals surface area contributed by atoms with Crippen molar-refractivity contribution in [1.29, 1.82) is 0 Å². The minimum Gasteiger partial charge on any atom is -0.508 e. The zero-order valence-corrected chi connectivity index (χ0v) is 21.2. The number of benzene rings is 2. The SMILES string of the molecule is C[N@+]1(CC2CC2)CC[C@@]2(c3cccc(O)c3)C[C@H](NC(=O)C#Cc3ccc(C(F)(F)F)cc3)CCC2C1. The smallest absolute Gasteiger partial charge is 0.416 e. The molecule has 1 unspecified atom stereocenters. The van der Waals surface area contributed by atoms with Crippen molar-refractivity contribution >= 4 is 5.91 Å². The number of quaternary nitrogens is 1. The Balaban J connectivity index is 1.30. The Morgan fingerprint density at radius 2 is 1.89 bits per heavy atom. The van der Waals surface area contributed by atoms with Gasteiger partial charge < -0.3 is 14.9 Å². The van der Waals surface area contributed by atoms with Crippen molar-refractivity contribution < 1.29 is 27.6 Å². The van der Waals surface area contributed by atoms with Crippen molar-refractivity contribution in [1.82, 2.24) is 5.32 Å². The second-order valence-electron chi connectivity index (χ2n) is 11.6. The first-order valence-electron chi connectivity index (χ1n) is 13.2. The highest BCUT2D eigenvalue weighted by molar-refractivity contribution is 5.94. The third-order valence-corrected chi connectivity index (χ3v) is 8.70. The summed E-state index contributed by atoms with van der Waals surface area (Å²) in [6.45, 7) is 3.43. The average Bonchev–Trinajstić information content (AvgIpc) is 3.66. The molecule has 7 heteroatoms. The number of likely N-dealkylation sites (tertiary alicyclic amines) is 1. The van der Waals surface area contributed by atoms with Crippen LogP contribution in [0.4, 0.5) is 13.2 Å². The maximum absolute atomic E-state index is 12.8. The van der Waals surface area contributed by atoms with Crippen LogP contribution in [0.15, 0.2) is 48.5 Å². The first kappa shape index (κ1) is 25.7. The lowest BCUT2D eigenvalue weighted by Crippen LogP contribution is -2.62. The fourth-order valence-electron chi connectivity index (χ4n) is 6.67. The average molecular weight is 512 g/mol. The van der Waals surface area contributed by atoms with E-state index in [1.165, 1.54) is 31.5 Å². The number of aromatic hydroxyl groups is 1. The molecule has 0 radical (unpaired) electrons. The molecule has 2 saturated carbocycles. The van der Waals surface area contributed by atoms with Crippen LogP contribution in [0, 0.1) is 23.7 Å². The molecular formula is C30H34F3N2O2+. The molecule has 4 nitrogen and oxygen atoms in total. The normalized spacial score (nSPS) is 29.5. The van der Waals surface area contributed by atoms with Gasteiger partial charge in [-0.1, -0.05) is 18.1 Å². The summed E-state index contributed by atoms with van der Waals surface area (Å²) >= 11 is 0. The number of hydrogen-bond donors (Lipinski definition) is 2. The summed E-state index contributed by atoms with van der Waals surface area (Å²) in [5.41, 5.74) is 0.654. The fourth-order valence-corrected chi connectivity index (χ4v) is 6.67. The Morgan fingerprint density at radius 3 is 2.57 bits per heavy atom. The summed E-state index contributed by atoms with van der Waals surface area (Å²) < 4.78 is 39.4. The Kier molecular flexibility index (Phi) is 6.74. The molecule has 0 bridgehead atoms. The largest absolute Gasteiger partial charge is 0.508 e. The number of fused-ring (bicyclic) bond motifs is 1. The third kappa shape index (κ3) is 5.80. The van der Waals surface area contributed by atoms with Gasteiger partial charge in [-0.3, -0.25) is 4.79 Å². The van der Waals surface area contributed by atoms with Crippen LogP contribution in [0.25, 0.3) is 0 Å². The number of phenolic OH excluding ortho intramolecular Hbond substituents is 1. The van der Waals surface area contributed by atoms with Gasteiger partial charge in [0.25, 0.3) is 5.91 Å².